The second kappa shape index (κ2) is 6.51. The van der Waals surface area contributed by atoms with Gasteiger partial charge in [0.2, 0.25) is 5.89 Å². The Morgan fingerprint density at radius 3 is 2.48 bits per heavy atom. The van der Waals surface area contributed by atoms with Gasteiger partial charge in [-0.3, -0.25) is 0 Å². The molecule has 1 saturated carbocycles. The highest BCUT2D eigenvalue weighted by atomic mass is 19.3. The highest BCUT2D eigenvalue weighted by Crippen LogP contribution is 2.40. The summed E-state index contributed by atoms with van der Waals surface area (Å²) in [6.45, 7) is 1.42. The summed E-state index contributed by atoms with van der Waals surface area (Å²) >= 11 is 0. The highest BCUT2D eigenvalue weighted by Gasteiger charge is 2.32. The van der Waals surface area contributed by atoms with Crippen LogP contribution in [0.5, 0.6) is 0 Å². The van der Waals surface area contributed by atoms with Gasteiger partial charge in [-0.05, 0) is 37.8 Å². The number of nitrogens with zero attached hydrogens (tertiary/aromatic N) is 5. The Hall–Kier alpha value is -2.64. The summed E-state index contributed by atoms with van der Waals surface area (Å²) in [6, 6.07) is 7.31. The van der Waals surface area contributed by atoms with Crippen molar-refractivity contribution in [1.82, 2.24) is 20.1 Å². The summed E-state index contributed by atoms with van der Waals surface area (Å²) < 4.78 is 31.8. The molecule has 0 unspecified atom stereocenters. The number of anilines is 1. The van der Waals surface area contributed by atoms with Gasteiger partial charge in [-0.15, -0.1) is 0 Å². The van der Waals surface area contributed by atoms with Gasteiger partial charge in [0, 0.05) is 30.3 Å². The molecule has 3 aromatic rings. The van der Waals surface area contributed by atoms with Gasteiger partial charge in [0.25, 0.3) is 6.43 Å². The molecule has 2 aliphatic rings. The second-order valence-corrected chi connectivity index (χ2v) is 7.25. The van der Waals surface area contributed by atoms with E-state index in [9.17, 15) is 8.78 Å². The molecule has 0 bridgehead atoms. The largest absolute Gasteiger partial charge is 0.356 e. The van der Waals surface area contributed by atoms with Crippen LogP contribution in [0.2, 0.25) is 0 Å². The Balaban J connectivity index is 1.38. The number of halogens is 2. The number of piperidine rings is 1. The van der Waals surface area contributed by atoms with E-state index in [1.54, 1.807) is 12.1 Å². The Labute approximate surface area is 154 Å². The fraction of sp³-hybridized carbons (Fsp3) is 0.474. The number of alkyl halides is 2. The van der Waals surface area contributed by atoms with Crippen molar-refractivity contribution >= 4 is 16.7 Å². The number of rotatable bonds is 4. The molecule has 27 heavy (non-hydrogen) atoms. The van der Waals surface area contributed by atoms with E-state index in [0.29, 0.717) is 30.3 Å². The van der Waals surface area contributed by atoms with E-state index in [1.807, 2.05) is 12.1 Å². The third-order valence-electron chi connectivity index (χ3n) is 5.34. The average molecular weight is 371 g/mol. The molecule has 1 aliphatic carbocycles. The summed E-state index contributed by atoms with van der Waals surface area (Å²) in [5.74, 6) is 2.39. The lowest BCUT2D eigenvalue weighted by Gasteiger charge is -2.32. The molecule has 3 heterocycles. The molecule has 1 aromatic carbocycles. The van der Waals surface area contributed by atoms with E-state index < -0.39 is 12.2 Å². The van der Waals surface area contributed by atoms with Crippen LogP contribution in [0.25, 0.3) is 10.9 Å². The summed E-state index contributed by atoms with van der Waals surface area (Å²) in [4.78, 5) is 14.8. The van der Waals surface area contributed by atoms with Crippen molar-refractivity contribution in [2.24, 2.45) is 0 Å². The van der Waals surface area contributed by atoms with Crippen molar-refractivity contribution in [3.05, 3.63) is 41.8 Å². The Morgan fingerprint density at radius 1 is 0.963 bits per heavy atom. The normalized spacial score (nSPS) is 18.6. The molecule has 1 aliphatic heterocycles. The molecule has 5 rings (SSSR count). The quantitative estimate of drug-likeness (QED) is 0.684. The SMILES string of the molecule is FC(F)c1nc(N2CCC(c3noc(C4CC4)n3)CC2)c2ccccc2n1. The second-order valence-electron chi connectivity index (χ2n) is 7.25. The lowest BCUT2D eigenvalue weighted by Crippen LogP contribution is -2.34. The van der Waals surface area contributed by atoms with E-state index in [0.717, 1.165) is 42.8 Å². The molecule has 140 valence electrons. The summed E-state index contributed by atoms with van der Waals surface area (Å²) in [5.41, 5.74) is 0.548. The van der Waals surface area contributed by atoms with Gasteiger partial charge in [-0.25, -0.2) is 18.7 Å². The molecule has 0 amide bonds. The molecular weight excluding hydrogens is 352 g/mol. The third-order valence-corrected chi connectivity index (χ3v) is 5.34. The fourth-order valence-corrected chi connectivity index (χ4v) is 3.67. The lowest BCUT2D eigenvalue weighted by atomic mass is 9.96. The van der Waals surface area contributed by atoms with E-state index in [2.05, 4.69) is 25.0 Å². The molecular formula is C19H19F2N5O. The molecule has 0 N–H and O–H groups in total. The minimum atomic E-state index is -2.69. The van der Waals surface area contributed by atoms with E-state index >= 15 is 0 Å². The van der Waals surface area contributed by atoms with Crippen molar-refractivity contribution in [2.75, 3.05) is 18.0 Å². The first kappa shape index (κ1) is 16.5. The standard InChI is InChI=1S/C19H19F2N5O/c20-15(21)17-22-14-4-2-1-3-13(14)18(23-17)26-9-7-11(8-10-26)16-24-19(27-25-16)12-5-6-12/h1-4,11-12,15H,5-10H2. The third kappa shape index (κ3) is 3.13. The van der Waals surface area contributed by atoms with Crippen LogP contribution in [-0.4, -0.2) is 33.2 Å². The van der Waals surface area contributed by atoms with E-state index in [-0.39, 0.29) is 5.92 Å². The molecule has 0 atom stereocenters. The Bertz CT molecular complexity index is 964. The van der Waals surface area contributed by atoms with Crippen LogP contribution >= 0.6 is 0 Å². The minimum Gasteiger partial charge on any atom is -0.356 e. The van der Waals surface area contributed by atoms with E-state index in [4.69, 9.17) is 4.52 Å². The lowest BCUT2D eigenvalue weighted by molar-refractivity contribution is 0.141. The van der Waals surface area contributed by atoms with Gasteiger partial charge in [-0.2, -0.15) is 4.98 Å². The zero-order valence-corrected chi connectivity index (χ0v) is 14.7. The van der Waals surface area contributed by atoms with Crippen molar-refractivity contribution in [3.8, 4) is 0 Å². The fourth-order valence-electron chi connectivity index (χ4n) is 3.67. The molecule has 1 saturated heterocycles. The number of fused-ring (bicyclic) bond motifs is 1. The molecule has 0 spiro atoms. The van der Waals surface area contributed by atoms with Crippen molar-refractivity contribution in [2.45, 2.75) is 43.9 Å². The van der Waals surface area contributed by atoms with E-state index in [1.165, 1.54) is 0 Å². The van der Waals surface area contributed by atoms with Crippen LogP contribution in [0.15, 0.2) is 28.8 Å². The summed E-state index contributed by atoms with van der Waals surface area (Å²) in [6.07, 6.45) is 1.25. The van der Waals surface area contributed by atoms with Crippen molar-refractivity contribution < 1.29 is 13.3 Å². The first-order chi connectivity index (χ1) is 13.2. The van der Waals surface area contributed by atoms with Crippen LogP contribution in [0, 0.1) is 0 Å². The van der Waals surface area contributed by atoms with Gasteiger partial charge in [-0.1, -0.05) is 17.3 Å². The summed E-state index contributed by atoms with van der Waals surface area (Å²) in [7, 11) is 0. The number of hydrogen-bond acceptors (Lipinski definition) is 6. The number of benzene rings is 1. The van der Waals surface area contributed by atoms with Crippen LogP contribution < -0.4 is 4.90 Å². The predicted molar refractivity (Wildman–Crippen MR) is 95.0 cm³/mol. The topological polar surface area (TPSA) is 67.9 Å². The van der Waals surface area contributed by atoms with Gasteiger partial charge in [0.1, 0.15) is 5.82 Å². The summed E-state index contributed by atoms with van der Waals surface area (Å²) in [5, 5.41) is 4.96. The first-order valence-corrected chi connectivity index (χ1v) is 9.32. The maximum Gasteiger partial charge on any atom is 0.297 e. The minimum absolute atomic E-state index is 0.236. The van der Waals surface area contributed by atoms with Gasteiger partial charge in [0.15, 0.2) is 11.6 Å². The van der Waals surface area contributed by atoms with Crippen LogP contribution in [0.4, 0.5) is 14.6 Å². The predicted octanol–water partition coefficient (Wildman–Crippen LogP) is 4.21. The Kier molecular flexibility index (Phi) is 3.98. The zero-order chi connectivity index (χ0) is 18.4. The molecule has 6 nitrogen and oxygen atoms in total. The number of para-hydroxylation sites is 1. The maximum absolute atomic E-state index is 13.2. The van der Waals surface area contributed by atoms with Gasteiger partial charge in [0.05, 0.1) is 5.52 Å². The zero-order valence-electron chi connectivity index (χ0n) is 14.7. The van der Waals surface area contributed by atoms with Crippen molar-refractivity contribution in [3.63, 3.8) is 0 Å². The molecule has 2 aromatic heterocycles. The Morgan fingerprint density at radius 2 is 1.74 bits per heavy atom. The monoisotopic (exact) mass is 371 g/mol. The van der Waals surface area contributed by atoms with Crippen LogP contribution in [-0.2, 0) is 0 Å². The maximum atomic E-state index is 13.2. The molecule has 0 radical (unpaired) electrons. The molecule has 2 fully saturated rings. The highest BCUT2D eigenvalue weighted by molar-refractivity contribution is 5.89. The van der Waals surface area contributed by atoms with Gasteiger partial charge >= 0.3 is 0 Å². The van der Waals surface area contributed by atoms with Crippen molar-refractivity contribution in [1.29, 1.82) is 0 Å². The number of aromatic nitrogens is 4. The number of hydrogen-bond donors (Lipinski definition) is 0. The van der Waals surface area contributed by atoms with Crippen LogP contribution in [0.3, 0.4) is 0 Å². The smallest absolute Gasteiger partial charge is 0.297 e. The first-order valence-electron chi connectivity index (χ1n) is 9.32. The van der Waals surface area contributed by atoms with Crippen LogP contribution in [0.1, 0.15) is 61.5 Å². The molecule has 8 heteroatoms. The average Bonchev–Trinajstić information content (AvgIpc) is 3.44. The van der Waals surface area contributed by atoms with Gasteiger partial charge < -0.3 is 9.42 Å².